The number of para-hydroxylation sites is 2. The van der Waals surface area contributed by atoms with E-state index < -0.39 is 10.0 Å². The molecule has 0 aliphatic carbocycles. The van der Waals surface area contributed by atoms with E-state index >= 15 is 0 Å². The van der Waals surface area contributed by atoms with Crippen LogP contribution in [0.25, 0.3) is 0 Å². The van der Waals surface area contributed by atoms with Gasteiger partial charge >= 0.3 is 0 Å². The minimum Gasteiger partial charge on any atom is -0.308 e. The lowest BCUT2D eigenvalue weighted by Crippen LogP contribution is -2.30. The standard InChI is InChI=1S/C21H18N2O3S/c24-21(23-15-14-16-8-4-7-13-20(16)23)18-11-5-6-12-19(18)22-27(25,26)17-9-2-1-3-10-17/h1-13,22H,14-15H2. The number of benzene rings is 3. The van der Waals surface area contributed by atoms with Crippen molar-refractivity contribution >= 4 is 27.3 Å². The van der Waals surface area contributed by atoms with Crippen molar-refractivity contribution in [3.63, 3.8) is 0 Å². The summed E-state index contributed by atoms with van der Waals surface area (Å²) < 4.78 is 27.9. The molecule has 0 saturated heterocycles. The van der Waals surface area contributed by atoms with Gasteiger partial charge in [0.05, 0.1) is 16.1 Å². The highest BCUT2D eigenvalue weighted by Gasteiger charge is 2.27. The number of nitrogens with one attached hydrogen (secondary N) is 1. The van der Waals surface area contributed by atoms with Gasteiger partial charge in [-0.2, -0.15) is 0 Å². The average molecular weight is 378 g/mol. The van der Waals surface area contributed by atoms with E-state index in [1.165, 1.54) is 12.1 Å². The first-order valence-corrected chi connectivity index (χ1v) is 10.1. The number of carbonyl (C=O) groups excluding carboxylic acids is 1. The third kappa shape index (κ3) is 3.31. The van der Waals surface area contributed by atoms with E-state index in [0.29, 0.717) is 12.1 Å². The number of hydrogen-bond acceptors (Lipinski definition) is 3. The highest BCUT2D eigenvalue weighted by atomic mass is 32.2. The van der Waals surface area contributed by atoms with E-state index in [9.17, 15) is 13.2 Å². The van der Waals surface area contributed by atoms with Crippen LogP contribution in [0.2, 0.25) is 0 Å². The molecule has 1 heterocycles. The van der Waals surface area contributed by atoms with Crippen LogP contribution in [0.15, 0.2) is 83.8 Å². The van der Waals surface area contributed by atoms with Gasteiger partial charge in [-0.1, -0.05) is 48.5 Å². The van der Waals surface area contributed by atoms with E-state index in [0.717, 1.165) is 17.7 Å². The summed E-state index contributed by atoms with van der Waals surface area (Å²) in [4.78, 5) is 15.0. The lowest BCUT2D eigenvalue weighted by Gasteiger charge is -2.19. The number of rotatable bonds is 4. The van der Waals surface area contributed by atoms with Crippen LogP contribution in [0.4, 0.5) is 11.4 Å². The van der Waals surface area contributed by atoms with Crippen molar-refractivity contribution in [1.29, 1.82) is 0 Å². The molecule has 0 saturated carbocycles. The summed E-state index contributed by atoms with van der Waals surface area (Å²) in [6.45, 7) is 0.581. The van der Waals surface area contributed by atoms with Gasteiger partial charge in [-0.25, -0.2) is 8.42 Å². The van der Waals surface area contributed by atoms with Gasteiger partial charge in [0.15, 0.2) is 0 Å². The second-order valence-corrected chi connectivity index (χ2v) is 7.98. The summed E-state index contributed by atoms with van der Waals surface area (Å²) >= 11 is 0. The summed E-state index contributed by atoms with van der Waals surface area (Å²) in [5, 5.41) is 0. The number of carbonyl (C=O) groups is 1. The smallest absolute Gasteiger partial charge is 0.261 e. The minimum absolute atomic E-state index is 0.152. The van der Waals surface area contributed by atoms with Gasteiger partial charge < -0.3 is 4.90 Å². The van der Waals surface area contributed by atoms with Crippen molar-refractivity contribution in [1.82, 2.24) is 0 Å². The molecule has 1 aliphatic rings. The second kappa shape index (κ2) is 6.89. The number of fused-ring (bicyclic) bond motifs is 1. The number of hydrogen-bond donors (Lipinski definition) is 1. The molecule has 0 bridgehead atoms. The molecule has 136 valence electrons. The Balaban J connectivity index is 1.67. The van der Waals surface area contributed by atoms with Crippen molar-refractivity contribution in [3.8, 4) is 0 Å². The highest BCUT2D eigenvalue weighted by molar-refractivity contribution is 7.92. The van der Waals surface area contributed by atoms with Crippen LogP contribution < -0.4 is 9.62 Å². The Kier molecular flexibility index (Phi) is 4.41. The van der Waals surface area contributed by atoms with E-state index in [2.05, 4.69) is 4.72 Å². The topological polar surface area (TPSA) is 66.5 Å². The molecule has 0 fully saturated rings. The summed E-state index contributed by atoms with van der Waals surface area (Å²) in [6, 6.07) is 22.6. The summed E-state index contributed by atoms with van der Waals surface area (Å²) in [5.74, 6) is -0.216. The fraction of sp³-hybridized carbons (Fsp3) is 0.0952. The molecule has 4 rings (SSSR count). The second-order valence-electron chi connectivity index (χ2n) is 6.30. The predicted octanol–water partition coefficient (Wildman–Crippen LogP) is 3.69. The average Bonchev–Trinajstić information content (AvgIpc) is 3.12. The molecule has 0 unspecified atom stereocenters. The monoisotopic (exact) mass is 378 g/mol. The number of anilines is 2. The van der Waals surface area contributed by atoms with Crippen molar-refractivity contribution in [3.05, 3.63) is 90.0 Å². The molecular formula is C21H18N2O3S. The zero-order chi connectivity index (χ0) is 18.9. The van der Waals surface area contributed by atoms with Gasteiger partial charge in [0.25, 0.3) is 15.9 Å². The molecule has 1 aliphatic heterocycles. The maximum atomic E-state index is 13.1. The Morgan fingerprint density at radius 1 is 0.852 bits per heavy atom. The quantitative estimate of drug-likeness (QED) is 0.753. The van der Waals surface area contributed by atoms with Crippen LogP contribution in [0, 0.1) is 0 Å². The highest BCUT2D eigenvalue weighted by Crippen LogP contribution is 2.30. The maximum Gasteiger partial charge on any atom is 0.261 e. The largest absolute Gasteiger partial charge is 0.308 e. The van der Waals surface area contributed by atoms with Crippen molar-refractivity contribution in [2.75, 3.05) is 16.2 Å². The lowest BCUT2D eigenvalue weighted by molar-refractivity contribution is 0.0990. The number of amides is 1. The van der Waals surface area contributed by atoms with Crippen molar-refractivity contribution < 1.29 is 13.2 Å². The van der Waals surface area contributed by atoms with Crippen molar-refractivity contribution in [2.24, 2.45) is 0 Å². The van der Waals surface area contributed by atoms with E-state index in [1.54, 1.807) is 47.4 Å². The molecule has 6 heteroatoms. The summed E-state index contributed by atoms with van der Waals surface area (Å²) in [7, 11) is -3.77. The van der Waals surface area contributed by atoms with Crippen LogP contribution in [-0.4, -0.2) is 20.9 Å². The molecule has 0 radical (unpaired) electrons. The summed E-state index contributed by atoms with van der Waals surface area (Å²) in [5.41, 5.74) is 2.60. The van der Waals surface area contributed by atoms with Gasteiger partial charge in [0.1, 0.15) is 0 Å². The lowest BCUT2D eigenvalue weighted by atomic mass is 10.1. The van der Waals surface area contributed by atoms with E-state index in [4.69, 9.17) is 0 Å². The molecule has 0 aromatic heterocycles. The molecule has 3 aromatic rings. The fourth-order valence-electron chi connectivity index (χ4n) is 3.26. The third-order valence-electron chi connectivity index (χ3n) is 4.59. The van der Waals surface area contributed by atoms with Gasteiger partial charge in [0.2, 0.25) is 0 Å². The van der Waals surface area contributed by atoms with Crippen LogP contribution in [-0.2, 0) is 16.4 Å². The zero-order valence-corrected chi connectivity index (χ0v) is 15.3. The Hall–Kier alpha value is -3.12. The maximum absolute atomic E-state index is 13.1. The zero-order valence-electron chi connectivity index (χ0n) is 14.5. The van der Waals surface area contributed by atoms with Gasteiger partial charge in [-0.3, -0.25) is 9.52 Å². The third-order valence-corrected chi connectivity index (χ3v) is 5.97. The SMILES string of the molecule is O=C(c1ccccc1NS(=O)(=O)c1ccccc1)N1CCc2ccccc21. The predicted molar refractivity (Wildman–Crippen MR) is 106 cm³/mol. The van der Waals surface area contributed by atoms with E-state index in [-0.39, 0.29) is 16.5 Å². The van der Waals surface area contributed by atoms with Crippen LogP contribution in [0.1, 0.15) is 15.9 Å². The Morgan fingerprint density at radius 2 is 1.52 bits per heavy atom. The van der Waals surface area contributed by atoms with Crippen LogP contribution >= 0.6 is 0 Å². The Bertz CT molecular complexity index is 1100. The molecular weight excluding hydrogens is 360 g/mol. The molecule has 0 spiro atoms. The summed E-state index contributed by atoms with van der Waals surface area (Å²) in [6.07, 6.45) is 0.791. The molecule has 3 aromatic carbocycles. The number of nitrogens with zero attached hydrogens (tertiary/aromatic N) is 1. The molecule has 1 amide bonds. The van der Waals surface area contributed by atoms with Crippen LogP contribution in [0.5, 0.6) is 0 Å². The first kappa shape index (κ1) is 17.3. The van der Waals surface area contributed by atoms with Gasteiger partial charge in [0, 0.05) is 12.2 Å². The van der Waals surface area contributed by atoms with Crippen LogP contribution in [0.3, 0.4) is 0 Å². The molecule has 5 nitrogen and oxygen atoms in total. The Morgan fingerprint density at radius 3 is 2.33 bits per heavy atom. The minimum atomic E-state index is -3.77. The molecule has 0 atom stereocenters. The van der Waals surface area contributed by atoms with Gasteiger partial charge in [-0.15, -0.1) is 0 Å². The first-order valence-electron chi connectivity index (χ1n) is 8.63. The Labute approximate surface area is 158 Å². The first-order chi connectivity index (χ1) is 13.1. The fourth-order valence-corrected chi connectivity index (χ4v) is 4.36. The normalized spacial score (nSPS) is 13.3. The number of sulfonamides is 1. The van der Waals surface area contributed by atoms with Gasteiger partial charge in [-0.05, 0) is 42.3 Å². The van der Waals surface area contributed by atoms with E-state index in [1.807, 2.05) is 24.3 Å². The molecule has 1 N–H and O–H groups in total. The van der Waals surface area contributed by atoms with Crippen molar-refractivity contribution in [2.45, 2.75) is 11.3 Å². The molecule has 27 heavy (non-hydrogen) atoms.